The first-order valence-corrected chi connectivity index (χ1v) is 3.90. The summed E-state index contributed by atoms with van der Waals surface area (Å²) in [5, 5.41) is 9.37. The summed E-state index contributed by atoms with van der Waals surface area (Å²) in [7, 11) is 0. The van der Waals surface area contributed by atoms with E-state index in [1.54, 1.807) is 18.2 Å². The Labute approximate surface area is 71.3 Å². The third-order valence-electron chi connectivity index (χ3n) is 1.66. The lowest BCUT2D eigenvalue weighted by Crippen LogP contribution is -2.12. The van der Waals surface area contributed by atoms with E-state index in [-0.39, 0.29) is 0 Å². The molecule has 0 fully saturated rings. The van der Waals surface area contributed by atoms with Crippen LogP contribution in [0, 0.1) is 0 Å². The second kappa shape index (κ2) is 4.07. The minimum Gasteiger partial charge on any atom is -0.484 e. The van der Waals surface area contributed by atoms with Crippen molar-refractivity contribution in [1.29, 1.82) is 0 Å². The summed E-state index contributed by atoms with van der Waals surface area (Å²) in [4.78, 5) is 10.3. The molecule has 0 radical (unpaired) electrons. The third-order valence-corrected chi connectivity index (χ3v) is 1.66. The van der Waals surface area contributed by atoms with Crippen molar-refractivity contribution in [2.45, 2.75) is 25.6 Å². The van der Waals surface area contributed by atoms with Crippen molar-refractivity contribution in [3.8, 4) is 0 Å². The minimum atomic E-state index is -0.708. The fourth-order valence-corrected chi connectivity index (χ4v) is 1.05. The van der Waals surface area contributed by atoms with E-state index in [0.717, 1.165) is 6.29 Å². The summed E-state index contributed by atoms with van der Waals surface area (Å²) < 4.78 is 5.12. The van der Waals surface area contributed by atoms with Crippen LogP contribution < -0.4 is 0 Å². The second-order valence-corrected chi connectivity index (χ2v) is 2.61. The SMILES string of the molecule is CC=CC(O)C1=CCC(C=O)O1. The predicted octanol–water partition coefficient (Wildman–Crippen LogP) is 0.795. The van der Waals surface area contributed by atoms with E-state index in [0.29, 0.717) is 12.2 Å². The Morgan fingerprint density at radius 2 is 2.58 bits per heavy atom. The molecule has 0 aromatic carbocycles. The standard InChI is InChI=1S/C9H12O3/c1-2-3-8(11)9-5-4-7(6-10)12-9/h2-3,5-8,11H,4H2,1H3. The summed E-state index contributed by atoms with van der Waals surface area (Å²) in [6.45, 7) is 1.82. The smallest absolute Gasteiger partial charge is 0.160 e. The van der Waals surface area contributed by atoms with Gasteiger partial charge in [0.25, 0.3) is 0 Å². The van der Waals surface area contributed by atoms with E-state index in [4.69, 9.17) is 4.74 Å². The van der Waals surface area contributed by atoms with Crippen LogP contribution in [0.15, 0.2) is 24.0 Å². The summed E-state index contributed by atoms with van der Waals surface area (Å²) in [5.74, 6) is 0.477. The summed E-state index contributed by atoms with van der Waals surface area (Å²) in [6.07, 6.45) is 5.28. The van der Waals surface area contributed by atoms with Crippen molar-refractivity contribution in [1.82, 2.24) is 0 Å². The first-order valence-electron chi connectivity index (χ1n) is 3.90. The van der Waals surface area contributed by atoms with Gasteiger partial charge < -0.3 is 9.84 Å². The van der Waals surface area contributed by atoms with Crippen LogP contribution in [0.2, 0.25) is 0 Å². The van der Waals surface area contributed by atoms with E-state index in [2.05, 4.69) is 0 Å². The van der Waals surface area contributed by atoms with Crippen LogP contribution >= 0.6 is 0 Å². The lowest BCUT2D eigenvalue weighted by Gasteiger charge is -2.09. The fraction of sp³-hybridized carbons (Fsp3) is 0.444. The molecule has 12 heavy (non-hydrogen) atoms. The number of allylic oxidation sites excluding steroid dienone is 1. The maximum Gasteiger partial charge on any atom is 0.160 e. The van der Waals surface area contributed by atoms with Gasteiger partial charge in [-0.05, 0) is 13.0 Å². The van der Waals surface area contributed by atoms with Crippen molar-refractivity contribution in [3.05, 3.63) is 24.0 Å². The Kier molecular flexibility index (Phi) is 3.05. The number of ether oxygens (including phenoxy) is 1. The zero-order valence-corrected chi connectivity index (χ0v) is 6.93. The zero-order chi connectivity index (χ0) is 8.97. The molecule has 0 saturated carbocycles. The number of aldehydes is 1. The molecular weight excluding hydrogens is 156 g/mol. The largest absolute Gasteiger partial charge is 0.484 e. The summed E-state index contributed by atoms with van der Waals surface area (Å²) in [5.41, 5.74) is 0. The van der Waals surface area contributed by atoms with Crippen LogP contribution in [0.25, 0.3) is 0 Å². The van der Waals surface area contributed by atoms with Crippen LogP contribution in [0.4, 0.5) is 0 Å². The van der Waals surface area contributed by atoms with Gasteiger partial charge in [-0.3, -0.25) is 4.79 Å². The number of rotatable bonds is 3. The van der Waals surface area contributed by atoms with Gasteiger partial charge in [-0.15, -0.1) is 0 Å². The Hall–Kier alpha value is -1.09. The molecule has 0 bridgehead atoms. The van der Waals surface area contributed by atoms with Crippen molar-refractivity contribution < 1.29 is 14.6 Å². The Morgan fingerprint density at radius 1 is 1.83 bits per heavy atom. The Bertz CT molecular complexity index is 218. The van der Waals surface area contributed by atoms with Crippen LogP contribution in [0.1, 0.15) is 13.3 Å². The highest BCUT2D eigenvalue weighted by Crippen LogP contribution is 2.19. The predicted molar refractivity (Wildman–Crippen MR) is 44.5 cm³/mol. The molecule has 0 spiro atoms. The number of aliphatic hydroxyl groups excluding tert-OH is 1. The van der Waals surface area contributed by atoms with Crippen molar-refractivity contribution >= 4 is 6.29 Å². The average molecular weight is 168 g/mol. The molecule has 0 aromatic rings. The monoisotopic (exact) mass is 168 g/mol. The quantitative estimate of drug-likeness (QED) is 0.500. The lowest BCUT2D eigenvalue weighted by molar-refractivity contribution is -0.115. The molecule has 0 aliphatic carbocycles. The molecule has 1 aliphatic heterocycles. The van der Waals surface area contributed by atoms with E-state index in [9.17, 15) is 9.90 Å². The van der Waals surface area contributed by atoms with Crippen LogP contribution in [-0.4, -0.2) is 23.6 Å². The number of hydrogen-bond donors (Lipinski definition) is 1. The normalized spacial score (nSPS) is 25.2. The molecule has 1 heterocycles. The molecule has 2 unspecified atom stereocenters. The van der Waals surface area contributed by atoms with Gasteiger partial charge in [0.15, 0.2) is 12.4 Å². The van der Waals surface area contributed by atoms with Gasteiger partial charge in [-0.2, -0.15) is 0 Å². The minimum absolute atomic E-state index is 0.403. The Balaban J connectivity index is 2.50. The van der Waals surface area contributed by atoms with Gasteiger partial charge in [0.1, 0.15) is 11.9 Å². The highest BCUT2D eigenvalue weighted by atomic mass is 16.5. The molecule has 1 rings (SSSR count). The summed E-state index contributed by atoms with van der Waals surface area (Å²) >= 11 is 0. The van der Waals surface area contributed by atoms with Crippen molar-refractivity contribution in [2.24, 2.45) is 0 Å². The molecule has 0 saturated heterocycles. The van der Waals surface area contributed by atoms with Gasteiger partial charge in [0.05, 0.1) is 0 Å². The second-order valence-electron chi connectivity index (χ2n) is 2.61. The van der Waals surface area contributed by atoms with Crippen LogP contribution in [-0.2, 0) is 9.53 Å². The topological polar surface area (TPSA) is 46.5 Å². The van der Waals surface area contributed by atoms with E-state index < -0.39 is 12.2 Å². The molecule has 66 valence electrons. The molecule has 0 amide bonds. The van der Waals surface area contributed by atoms with Crippen molar-refractivity contribution in [2.75, 3.05) is 0 Å². The first kappa shape index (κ1) is 9.00. The molecule has 1 aliphatic rings. The fourth-order valence-electron chi connectivity index (χ4n) is 1.05. The number of carbonyl (C=O) groups excluding carboxylic acids is 1. The van der Waals surface area contributed by atoms with Gasteiger partial charge >= 0.3 is 0 Å². The van der Waals surface area contributed by atoms with Gasteiger partial charge in [-0.1, -0.05) is 12.2 Å². The first-order chi connectivity index (χ1) is 5.77. The van der Waals surface area contributed by atoms with Gasteiger partial charge in [-0.25, -0.2) is 0 Å². The van der Waals surface area contributed by atoms with Gasteiger partial charge in [0, 0.05) is 6.42 Å². The maximum absolute atomic E-state index is 10.3. The highest BCUT2D eigenvalue weighted by Gasteiger charge is 2.20. The molecule has 3 nitrogen and oxygen atoms in total. The van der Waals surface area contributed by atoms with Crippen molar-refractivity contribution in [3.63, 3.8) is 0 Å². The van der Waals surface area contributed by atoms with E-state index in [1.165, 1.54) is 0 Å². The van der Waals surface area contributed by atoms with Crippen LogP contribution in [0.5, 0.6) is 0 Å². The Morgan fingerprint density at radius 3 is 3.08 bits per heavy atom. The molecule has 0 aromatic heterocycles. The molecule has 1 N–H and O–H groups in total. The maximum atomic E-state index is 10.3. The van der Waals surface area contributed by atoms with Gasteiger partial charge in [0.2, 0.25) is 0 Å². The number of aliphatic hydroxyl groups is 1. The van der Waals surface area contributed by atoms with Crippen LogP contribution in [0.3, 0.4) is 0 Å². The average Bonchev–Trinajstić information content (AvgIpc) is 2.52. The lowest BCUT2D eigenvalue weighted by atomic mass is 10.2. The number of carbonyl (C=O) groups is 1. The third kappa shape index (κ3) is 1.95. The van der Waals surface area contributed by atoms with E-state index >= 15 is 0 Å². The summed E-state index contributed by atoms with van der Waals surface area (Å²) in [6, 6.07) is 0. The zero-order valence-electron chi connectivity index (χ0n) is 6.93. The molecule has 2 atom stereocenters. The van der Waals surface area contributed by atoms with E-state index in [1.807, 2.05) is 6.92 Å². The number of hydrogen-bond acceptors (Lipinski definition) is 3. The molecule has 3 heteroatoms. The molecular formula is C9H12O3. The highest BCUT2D eigenvalue weighted by molar-refractivity contribution is 5.57.